The normalized spacial score (nSPS) is 19.2. The summed E-state index contributed by atoms with van der Waals surface area (Å²) < 4.78 is 11.0. The summed E-state index contributed by atoms with van der Waals surface area (Å²) in [5.41, 5.74) is 1.71. The molecule has 26 heavy (non-hydrogen) atoms. The highest BCUT2D eigenvalue weighted by molar-refractivity contribution is 5.92. The molecule has 2 aliphatic rings. The predicted octanol–water partition coefficient (Wildman–Crippen LogP) is 2.56. The van der Waals surface area contributed by atoms with Crippen LogP contribution >= 0.6 is 0 Å². The van der Waals surface area contributed by atoms with E-state index in [4.69, 9.17) is 9.47 Å². The van der Waals surface area contributed by atoms with Gasteiger partial charge in [-0.05, 0) is 18.2 Å². The number of benzene rings is 1. The number of carbonyl (C=O) groups excluding carboxylic acids is 1. The van der Waals surface area contributed by atoms with Crippen LogP contribution in [0.5, 0.6) is 5.75 Å². The maximum Gasteiger partial charge on any atom is 0.319 e. The highest BCUT2D eigenvalue weighted by atomic mass is 16.5. The second kappa shape index (κ2) is 7.61. The lowest BCUT2D eigenvalue weighted by Gasteiger charge is -2.30. The maximum absolute atomic E-state index is 12.6. The molecular weight excluding hydrogens is 332 g/mol. The molecule has 136 valence electrons. The van der Waals surface area contributed by atoms with Crippen LogP contribution < -0.4 is 20.3 Å². The number of nitrogens with one attached hydrogen (secondary N) is 2. The summed E-state index contributed by atoms with van der Waals surface area (Å²) in [5, 5.41) is 6.00. The van der Waals surface area contributed by atoms with Crippen molar-refractivity contribution in [3.8, 4) is 5.75 Å². The number of amides is 2. The van der Waals surface area contributed by atoms with Gasteiger partial charge in [-0.15, -0.1) is 0 Å². The topological polar surface area (TPSA) is 75.7 Å². The molecule has 1 atom stereocenters. The van der Waals surface area contributed by atoms with E-state index in [1.54, 1.807) is 6.20 Å². The molecule has 2 aliphatic heterocycles. The average molecular weight is 354 g/mol. The standard InChI is InChI=1S/C19H22N4O3/c24-19(21-15-7-11-26-17-6-2-1-4-14(15)17)22-16-5-3-8-20-18(16)23-9-12-25-13-10-23/h1-6,8,15H,7,9-13H2,(H2,21,22,24)/t15-/m0/s1. The van der Waals surface area contributed by atoms with Crippen molar-refractivity contribution in [1.82, 2.24) is 10.3 Å². The van der Waals surface area contributed by atoms with Crippen LogP contribution in [0.25, 0.3) is 0 Å². The Bertz CT molecular complexity index is 777. The number of hydrogen-bond acceptors (Lipinski definition) is 5. The van der Waals surface area contributed by atoms with Crippen LogP contribution in [0.3, 0.4) is 0 Å². The molecule has 0 radical (unpaired) electrons. The van der Waals surface area contributed by atoms with Gasteiger partial charge in [-0.3, -0.25) is 0 Å². The molecule has 0 unspecified atom stereocenters. The Balaban J connectivity index is 1.46. The highest BCUT2D eigenvalue weighted by Gasteiger charge is 2.23. The number of carbonyl (C=O) groups is 1. The SMILES string of the molecule is O=C(Nc1cccnc1N1CCOCC1)N[C@H]1CCOc2ccccc21. The first kappa shape index (κ1) is 16.7. The number of urea groups is 1. The van der Waals surface area contributed by atoms with Crippen molar-refractivity contribution in [3.05, 3.63) is 48.2 Å². The molecular formula is C19H22N4O3. The van der Waals surface area contributed by atoms with Gasteiger partial charge in [-0.25, -0.2) is 9.78 Å². The molecule has 3 heterocycles. The number of hydrogen-bond donors (Lipinski definition) is 2. The Morgan fingerprint density at radius 3 is 2.85 bits per heavy atom. The average Bonchev–Trinajstić information content (AvgIpc) is 2.69. The van der Waals surface area contributed by atoms with E-state index in [1.807, 2.05) is 36.4 Å². The molecule has 7 nitrogen and oxygen atoms in total. The van der Waals surface area contributed by atoms with Crippen LogP contribution in [0.15, 0.2) is 42.6 Å². The molecule has 1 saturated heterocycles. The van der Waals surface area contributed by atoms with Crippen LogP contribution in [0.1, 0.15) is 18.0 Å². The third-order valence-electron chi connectivity index (χ3n) is 4.61. The van der Waals surface area contributed by atoms with E-state index in [0.29, 0.717) is 25.5 Å². The Morgan fingerprint density at radius 2 is 1.96 bits per heavy atom. The minimum Gasteiger partial charge on any atom is -0.493 e. The summed E-state index contributed by atoms with van der Waals surface area (Å²) in [7, 11) is 0. The summed E-state index contributed by atoms with van der Waals surface area (Å²) in [5.74, 6) is 1.61. The summed E-state index contributed by atoms with van der Waals surface area (Å²) in [6, 6.07) is 11.2. The first-order valence-electron chi connectivity index (χ1n) is 8.88. The summed E-state index contributed by atoms with van der Waals surface area (Å²) in [6.45, 7) is 3.46. The number of anilines is 2. The lowest BCUT2D eigenvalue weighted by Crippen LogP contribution is -2.38. The molecule has 2 amide bonds. The second-order valence-corrected chi connectivity index (χ2v) is 6.30. The van der Waals surface area contributed by atoms with Crippen molar-refractivity contribution in [1.29, 1.82) is 0 Å². The first-order chi connectivity index (χ1) is 12.8. The summed E-state index contributed by atoms with van der Waals surface area (Å²) >= 11 is 0. The fraction of sp³-hybridized carbons (Fsp3) is 0.368. The number of para-hydroxylation sites is 1. The van der Waals surface area contributed by atoms with Gasteiger partial charge in [0, 0.05) is 31.3 Å². The largest absolute Gasteiger partial charge is 0.493 e. The van der Waals surface area contributed by atoms with E-state index >= 15 is 0 Å². The third-order valence-corrected chi connectivity index (χ3v) is 4.61. The smallest absolute Gasteiger partial charge is 0.319 e. The molecule has 0 aliphatic carbocycles. The Labute approximate surface area is 152 Å². The lowest BCUT2D eigenvalue weighted by molar-refractivity contribution is 0.122. The van der Waals surface area contributed by atoms with E-state index in [2.05, 4.69) is 20.5 Å². The molecule has 0 spiro atoms. The van der Waals surface area contributed by atoms with E-state index in [0.717, 1.165) is 36.6 Å². The van der Waals surface area contributed by atoms with Crippen molar-refractivity contribution in [3.63, 3.8) is 0 Å². The number of aromatic nitrogens is 1. The Morgan fingerprint density at radius 1 is 1.12 bits per heavy atom. The van der Waals surface area contributed by atoms with Crippen LogP contribution in [0.4, 0.5) is 16.3 Å². The lowest BCUT2D eigenvalue weighted by atomic mass is 10.0. The third kappa shape index (κ3) is 3.57. The van der Waals surface area contributed by atoms with Crippen LogP contribution in [-0.4, -0.2) is 43.9 Å². The van der Waals surface area contributed by atoms with Crippen molar-refractivity contribution in [2.45, 2.75) is 12.5 Å². The number of ether oxygens (including phenoxy) is 2. The van der Waals surface area contributed by atoms with Crippen LogP contribution in [-0.2, 0) is 4.74 Å². The zero-order valence-electron chi connectivity index (χ0n) is 14.5. The number of rotatable bonds is 3. The molecule has 7 heteroatoms. The monoisotopic (exact) mass is 354 g/mol. The summed E-state index contributed by atoms with van der Waals surface area (Å²) in [4.78, 5) is 19.2. The molecule has 0 bridgehead atoms. The Hall–Kier alpha value is -2.80. The van der Waals surface area contributed by atoms with Gasteiger partial charge >= 0.3 is 6.03 Å². The predicted molar refractivity (Wildman–Crippen MR) is 98.7 cm³/mol. The molecule has 2 aromatic rings. The minimum absolute atomic E-state index is 0.0662. The van der Waals surface area contributed by atoms with Gasteiger partial charge in [-0.1, -0.05) is 18.2 Å². The van der Waals surface area contributed by atoms with Gasteiger partial charge in [-0.2, -0.15) is 0 Å². The number of nitrogens with zero attached hydrogens (tertiary/aromatic N) is 2. The van der Waals surface area contributed by atoms with Gasteiger partial charge < -0.3 is 25.0 Å². The van der Waals surface area contributed by atoms with Crippen molar-refractivity contribution < 1.29 is 14.3 Å². The van der Waals surface area contributed by atoms with E-state index in [9.17, 15) is 4.79 Å². The maximum atomic E-state index is 12.6. The quantitative estimate of drug-likeness (QED) is 0.886. The number of morpholine rings is 1. The van der Waals surface area contributed by atoms with Gasteiger partial charge in [0.25, 0.3) is 0 Å². The molecule has 0 saturated carbocycles. The molecule has 1 fully saturated rings. The zero-order valence-corrected chi connectivity index (χ0v) is 14.5. The zero-order chi connectivity index (χ0) is 17.8. The second-order valence-electron chi connectivity index (χ2n) is 6.30. The first-order valence-corrected chi connectivity index (χ1v) is 8.88. The van der Waals surface area contributed by atoms with Gasteiger partial charge in [0.1, 0.15) is 5.75 Å². The van der Waals surface area contributed by atoms with Gasteiger partial charge in [0.15, 0.2) is 5.82 Å². The van der Waals surface area contributed by atoms with Gasteiger partial charge in [0.05, 0.1) is 31.5 Å². The van der Waals surface area contributed by atoms with Gasteiger partial charge in [0.2, 0.25) is 0 Å². The van der Waals surface area contributed by atoms with Crippen molar-refractivity contribution >= 4 is 17.5 Å². The number of fused-ring (bicyclic) bond motifs is 1. The highest BCUT2D eigenvalue weighted by Crippen LogP contribution is 2.31. The van der Waals surface area contributed by atoms with Crippen LogP contribution in [0, 0.1) is 0 Å². The van der Waals surface area contributed by atoms with E-state index < -0.39 is 0 Å². The molecule has 1 aromatic carbocycles. The molecule has 1 aromatic heterocycles. The molecule has 2 N–H and O–H groups in total. The van der Waals surface area contributed by atoms with E-state index in [-0.39, 0.29) is 12.1 Å². The van der Waals surface area contributed by atoms with Crippen molar-refractivity contribution in [2.75, 3.05) is 43.1 Å². The summed E-state index contributed by atoms with van der Waals surface area (Å²) in [6.07, 6.45) is 2.48. The van der Waals surface area contributed by atoms with Crippen molar-refractivity contribution in [2.24, 2.45) is 0 Å². The molecule has 4 rings (SSSR count). The Kier molecular flexibility index (Phi) is 4.88. The van der Waals surface area contributed by atoms with E-state index in [1.165, 1.54) is 0 Å². The minimum atomic E-state index is -0.241. The fourth-order valence-electron chi connectivity index (χ4n) is 3.33. The fourth-order valence-corrected chi connectivity index (χ4v) is 3.33. The van der Waals surface area contributed by atoms with Crippen LogP contribution in [0.2, 0.25) is 0 Å². The number of pyridine rings is 1.